The number of thiophene rings is 1. The van der Waals surface area contributed by atoms with Crippen molar-refractivity contribution in [2.75, 3.05) is 0 Å². The van der Waals surface area contributed by atoms with Crippen LogP contribution in [0.4, 0.5) is 13.2 Å². The van der Waals surface area contributed by atoms with Gasteiger partial charge in [0, 0.05) is 0 Å². The number of carbonyl (C=O) groups excluding carboxylic acids is 1. The Morgan fingerprint density at radius 3 is 2.61 bits per heavy atom. The van der Waals surface area contributed by atoms with Crippen LogP contribution in [0.3, 0.4) is 0 Å². The molecule has 0 radical (unpaired) electrons. The number of hydrogen-bond donors (Lipinski definition) is 0. The summed E-state index contributed by atoms with van der Waals surface area (Å²) < 4.78 is 41.4. The largest absolute Gasteiger partial charge is 0.471 e. The minimum Gasteiger partial charge on any atom is -0.329 e. The third-order valence-corrected chi connectivity index (χ3v) is 3.85. The lowest BCUT2D eigenvalue weighted by atomic mass is 10.2. The lowest BCUT2D eigenvalue weighted by Gasteiger charge is -1.96. The van der Waals surface area contributed by atoms with Gasteiger partial charge in [-0.25, -0.2) is 9.97 Å². The normalized spacial score (nSPS) is 11.7. The molecule has 0 aliphatic rings. The number of carbonyl (C=O) groups is 1. The minimum atomic E-state index is -4.72. The Kier molecular flexibility index (Phi) is 3.86. The molecule has 3 heterocycles. The Morgan fingerprint density at radius 1 is 1.22 bits per heavy atom. The van der Waals surface area contributed by atoms with Crippen molar-refractivity contribution >= 4 is 28.7 Å². The molecule has 0 aliphatic carbocycles. The van der Waals surface area contributed by atoms with Gasteiger partial charge in [0.05, 0.1) is 22.1 Å². The lowest BCUT2D eigenvalue weighted by Crippen LogP contribution is -2.04. The van der Waals surface area contributed by atoms with E-state index in [2.05, 4.69) is 24.6 Å². The van der Waals surface area contributed by atoms with Gasteiger partial charge in [-0.2, -0.15) is 18.2 Å². The summed E-state index contributed by atoms with van der Waals surface area (Å²) in [5.41, 5.74) is 0.0619. The molecule has 0 atom stereocenters. The smallest absolute Gasteiger partial charge is 0.329 e. The molecule has 0 bridgehead atoms. The zero-order chi connectivity index (χ0) is 16.6. The fourth-order valence-electron chi connectivity index (χ4n) is 1.57. The summed E-state index contributed by atoms with van der Waals surface area (Å²) in [4.78, 5) is 23.5. The van der Waals surface area contributed by atoms with Gasteiger partial charge in [-0.1, -0.05) is 16.8 Å². The van der Waals surface area contributed by atoms with E-state index in [-0.39, 0.29) is 26.4 Å². The van der Waals surface area contributed by atoms with Gasteiger partial charge in [-0.3, -0.25) is 4.79 Å². The van der Waals surface area contributed by atoms with Crippen LogP contribution in [0, 0.1) is 0 Å². The quantitative estimate of drug-likeness (QED) is 0.665. The van der Waals surface area contributed by atoms with Crippen molar-refractivity contribution in [3.05, 3.63) is 46.1 Å². The van der Waals surface area contributed by atoms with Gasteiger partial charge in [0.2, 0.25) is 11.6 Å². The zero-order valence-corrected chi connectivity index (χ0v) is 12.4. The highest BCUT2D eigenvalue weighted by Gasteiger charge is 2.38. The summed E-state index contributed by atoms with van der Waals surface area (Å²) in [6.07, 6.45) is -2.29. The molecule has 0 amide bonds. The predicted octanol–water partition coefficient (Wildman–Crippen LogP) is 3.49. The van der Waals surface area contributed by atoms with E-state index in [0.717, 1.165) is 11.3 Å². The molecule has 0 spiro atoms. The maximum Gasteiger partial charge on any atom is 0.471 e. The Labute approximate surface area is 135 Å². The van der Waals surface area contributed by atoms with E-state index in [1.807, 2.05) is 0 Å². The molecule has 0 aliphatic heterocycles. The maximum absolute atomic E-state index is 12.4. The number of ketones is 1. The minimum absolute atomic E-state index is 0.0619. The molecule has 0 aromatic carbocycles. The highest BCUT2D eigenvalue weighted by atomic mass is 35.5. The average molecular weight is 361 g/mol. The molecule has 0 saturated heterocycles. The van der Waals surface area contributed by atoms with Crippen LogP contribution < -0.4 is 0 Å². The fourth-order valence-corrected chi connectivity index (χ4v) is 2.55. The summed E-state index contributed by atoms with van der Waals surface area (Å²) in [5.74, 6) is -2.13. The van der Waals surface area contributed by atoms with Crippen molar-refractivity contribution in [1.29, 1.82) is 0 Å². The van der Waals surface area contributed by atoms with Crippen LogP contribution in [-0.4, -0.2) is 25.9 Å². The van der Waals surface area contributed by atoms with Crippen LogP contribution >= 0.6 is 22.9 Å². The predicted molar refractivity (Wildman–Crippen MR) is 73.1 cm³/mol. The molecule has 3 rings (SSSR count). The van der Waals surface area contributed by atoms with E-state index >= 15 is 0 Å². The van der Waals surface area contributed by atoms with Crippen LogP contribution in [0.25, 0.3) is 10.7 Å². The molecule has 3 aromatic heterocycles. The van der Waals surface area contributed by atoms with Crippen LogP contribution in [0.2, 0.25) is 5.15 Å². The van der Waals surface area contributed by atoms with E-state index in [1.54, 1.807) is 0 Å². The second-order valence-corrected chi connectivity index (χ2v) is 5.61. The Balaban J connectivity index is 1.87. The SMILES string of the molecule is O=C(c1cnc(Cl)cn1)c1ccc(-c2noc(C(F)(F)F)n2)s1. The molecule has 0 N–H and O–H groups in total. The van der Waals surface area contributed by atoms with Crippen molar-refractivity contribution in [2.24, 2.45) is 0 Å². The Hall–Kier alpha value is -2.33. The second kappa shape index (κ2) is 5.70. The second-order valence-electron chi connectivity index (χ2n) is 4.14. The van der Waals surface area contributed by atoms with E-state index in [4.69, 9.17) is 11.6 Å². The standard InChI is InChI=1S/C12H4ClF3N4O2S/c13-8-4-17-5(3-18-8)9(21)6-1-2-7(23-6)10-19-11(22-20-10)12(14,15)16/h1-4H. The summed E-state index contributed by atoms with van der Waals surface area (Å²) >= 11 is 6.50. The van der Waals surface area contributed by atoms with Crippen molar-refractivity contribution < 1.29 is 22.5 Å². The lowest BCUT2D eigenvalue weighted by molar-refractivity contribution is -0.159. The molecule has 0 unspecified atom stereocenters. The number of nitrogens with zero attached hydrogens (tertiary/aromatic N) is 4. The van der Waals surface area contributed by atoms with Crippen LogP contribution in [0.5, 0.6) is 0 Å². The van der Waals surface area contributed by atoms with Crippen molar-refractivity contribution in [2.45, 2.75) is 6.18 Å². The van der Waals surface area contributed by atoms with Crippen molar-refractivity contribution in [3.63, 3.8) is 0 Å². The van der Waals surface area contributed by atoms with Gasteiger partial charge in [0.25, 0.3) is 0 Å². The summed E-state index contributed by atoms with van der Waals surface area (Å²) in [5, 5.41) is 3.40. The number of aromatic nitrogens is 4. The third-order valence-electron chi connectivity index (χ3n) is 2.57. The third kappa shape index (κ3) is 3.22. The maximum atomic E-state index is 12.4. The molecule has 23 heavy (non-hydrogen) atoms. The molecular formula is C12H4ClF3N4O2S. The molecule has 118 valence electrons. The molecule has 6 nitrogen and oxygen atoms in total. The van der Waals surface area contributed by atoms with Crippen LogP contribution in [0.1, 0.15) is 21.3 Å². The number of halogens is 4. The topological polar surface area (TPSA) is 81.8 Å². The number of alkyl halides is 3. The van der Waals surface area contributed by atoms with Crippen molar-refractivity contribution in [3.8, 4) is 10.7 Å². The first-order chi connectivity index (χ1) is 10.8. The summed E-state index contributed by atoms with van der Waals surface area (Å²) in [6.45, 7) is 0. The number of hydrogen-bond acceptors (Lipinski definition) is 7. The monoisotopic (exact) mass is 360 g/mol. The van der Waals surface area contributed by atoms with E-state index in [9.17, 15) is 18.0 Å². The number of rotatable bonds is 3. The fraction of sp³-hybridized carbons (Fsp3) is 0.0833. The van der Waals surface area contributed by atoms with Crippen LogP contribution in [-0.2, 0) is 6.18 Å². The highest BCUT2D eigenvalue weighted by Crippen LogP contribution is 2.32. The molecule has 0 saturated carbocycles. The summed E-state index contributed by atoms with van der Waals surface area (Å²) in [6, 6.07) is 2.86. The average Bonchev–Trinajstić information content (AvgIpc) is 3.16. The first kappa shape index (κ1) is 15.6. The van der Waals surface area contributed by atoms with Gasteiger partial charge in [0.15, 0.2) is 0 Å². The molecule has 0 fully saturated rings. The van der Waals surface area contributed by atoms with Crippen LogP contribution in [0.15, 0.2) is 29.0 Å². The molecule has 11 heteroatoms. The summed E-state index contributed by atoms with van der Waals surface area (Å²) in [7, 11) is 0. The van der Waals surface area contributed by atoms with E-state index in [1.165, 1.54) is 24.5 Å². The first-order valence-electron chi connectivity index (χ1n) is 5.88. The molecular weight excluding hydrogens is 357 g/mol. The zero-order valence-electron chi connectivity index (χ0n) is 10.8. The van der Waals surface area contributed by atoms with Gasteiger partial charge in [0.1, 0.15) is 10.8 Å². The highest BCUT2D eigenvalue weighted by molar-refractivity contribution is 7.17. The first-order valence-corrected chi connectivity index (χ1v) is 7.07. The van der Waals surface area contributed by atoms with Crippen molar-refractivity contribution in [1.82, 2.24) is 20.1 Å². The van der Waals surface area contributed by atoms with Gasteiger partial charge >= 0.3 is 12.1 Å². The van der Waals surface area contributed by atoms with Gasteiger partial charge in [-0.05, 0) is 12.1 Å². The van der Waals surface area contributed by atoms with E-state index < -0.39 is 17.9 Å². The van der Waals surface area contributed by atoms with E-state index in [0.29, 0.717) is 0 Å². The van der Waals surface area contributed by atoms with Gasteiger partial charge < -0.3 is 4.52 Å². The Bertz CT molecular complexity index is 860. The molecule has 3 aromatic rings. The van der Waals surface area contributed by atoms with Gasteiger partial charge in [-0.15, -0.1) is 11.3 Å². The Morgan fingerprint density at radius 2 is 2.00 bits per heavy atom.